The Kier molecular flexibility index (Phi) is 6.40. The molecule has 0 amide bonds. The third-order valence-corrected chi connectivity index (χ3v) is 6.87. The fourth-order valence-electron chi connectivity index (χ4n) is 4.70. The summed E-state index contributed by atoms with van der Waals surface area (Å²) in [4.78, 5) is 12.8. The van der Waals surface area contributed by atoms with E-state index in [-0.39, 0.29) is 24.0 Å². The van der Waals surface area contributed by atoms with Gasteiger partial charge in [-0.2, -0.15) is 0 Å². The predicted octanol–water partition coefficient (Wildman–Crippen LogP) is 4.00. The van der Waals surface area contributed by atoms with Gasteiger partial charge in [0.2, 0.25) is 18.3 Å². The first-order chi connectivity index (χ1) is 16.6. The van der Waals surface area contributed by atoms with Crippen molar-refractivity contribution in [3.63, 3.8) is 0 Å². The Labute approximate surface area is 204 Å². The summed E-state index contributed by atoms with van der Waals surface area (Å²) in [5.41, 5.74) is 0.452. The number of phenols is 1. The summed E-state index contributed by atoms with van der Waals surface area (Å²) >= 11 is 0. The monoisotopic (exact) mass is 488 g/mol. The van der Waals surface area contributed by atoms with Gasteiger partial charge in [-0.15, -0.1) is 0 Å². The van der Waals surface area contributed by atoms with Crippen LogP contribution in [-0.4, -0.2) is 49.9 Å². The number of rotatable bonds is 5. The van der Waals surface area contributed by atoms with E-state index in [9.17, 15) is 15.0 Å². The zero-order chi connectivity index (χ0) is 25.7. The molecule has 0 unspecified atom stereocenters. The third kappa shape index (κ3) is 3.87. The van der Waals surface area contributed by atoms with Crippen molar-refractivity contribution in [1.29, 1.82) is 0 Å². The van der Waals surface area contributed by atoms with Gasteiger partial charge >= 0.3 is 5.97 Å². The van der Waals surface area contributed by atoms with Crippen molar-refractivity contribution in [3.8, 4) is 45.6 Å². The first-order valence-corrected chi connectivity index (χ1v) is 11.5. The van der Waals surface area contributed by atoms with Crippen LogP contribution in [0.4, 0.5) is 0 Å². The summed E-state index contributed by atoms with van der Waals surface area (Å²) in [5.74, 6) is 0.0680. The van der Waals surface area contributed by atoms with Gasteiger partial charge < -0.3 is 38.6 Å². The van der Waals surface area contributed by atoms with E-state index in [1.165, 1.54) is 21.3 Å². The smallest absolute Gasteiger partial charge is 0.309 e. The van der Waals surface area contributed by atoms with Gasteiger partial charge in [-0.05, 0) is 37.0 Å². The molecule has 2 aliphatic rings. The van der Waals surface area contributed by atoms with Gasteiger partial charge in [0.15, 0.2) is 29.1 Å². The topological polar surface area (TPSA) is 113 Å². The van der Waals surface area contributed by atoms with Crippen LogP contribution in [-0.2, 0) is 16.0 Å². The molecular formula is C26H32O9. The van der Waals surface area contributed by atoms with Gasteiger partial charge in [-0.1, -0.05) is 20.8 Å². The molecule has 0 aromatic heterocycles. The molecule has 4 rings (SSSR count). The van der Waals surface area contributed by atoms with Crippen molar-refractivity contribution >= 4 is 5.97 Å². The molecule has 1 aliphatic carbocycles. The second kappa shape index (κ2) is 9.03. The summed E-state index contributed by atoms with van der Waals surface area (Å²) in [5, 5.41) is 23.2. The second-order valence-corrected chi connectivity index (χ2v) is 9.41. The molecule has 35 heavy (non-hydrogen) atoms. The number of fused-ring (bicyclic) bond motifs is 4. The zero-order valence-corrected chi connectivity index (χ0v) is 21.1. The maximum Gasteiger partial charge on any atom is 0.309 e. The normalized spacial score (nSPS) is 22.5. The molecule has 190 valence electrons. The number of phenolic OH excluding ortho intramolecular Hbond substituents is 1. The number of aromatic hydroxyl groups is 1. The van der Waals surface area contributed by atoms with Crippen LogP contribution in [0.5, 0.6) is 34.5 Å². The number of benzene rings is 2. The Morgan fingerprint density at radius 2 is 1.77 bits per heavy atom. The Morgan fingerprint density at radius 3 is 2.37 bits per heavy atom. The Morgan fingerprint density at radius 1 is 1.09 bits per heavy atom. The number of methoxy groups -OCH3 is 3. The molecular weight excluding hydrogens is 456 g/mol. The van der Waals surface area contributed by atoms with E-state index in [2.05, 4.69) is 0 Å². The minimum atomic E-state index is -1.49. The Balaban J connectivity index is 2.15. The van der Waals surface area contributed by atoms with Crippen molar-refractivity contribution in [1.82, 2.24) is 0 Å². The van der Waals surface area contributed by atoms with E-state index < -0.39 is 29.5 Å². The largest absolute Gasteiger partial charge is 0.504 e. The lowest BCUT2D eigenvalue weighted by atomic mass is 9.73. The summed E-state index contributed by atoms with van der Waals surface area (Å²) in [6, 6.07) is 3.44. The van der Waals surface area contributed by atoms with Crippen molar-refractivity contribution < 1.29 is 43.4 Å². The lowest BCUT2D eigenvalue weighted by Gasteiger charge is -2.41. The number of aliphatic hydroxyl groups is 1. The van der Waals surface area contributed by atoms with E-state index in [1.54, 1.807) is 32.9 Å². The maximum absolute atomic E-state index is 12.8. The molecule has 2 aromatic rings. The van der Waals surface area contributed by atoms with Gasteiger partial charge in [-0.3, -0.25) is 4.79 Å². The molecule has 0 spiro atoms. The zero-order valence-electron chi connectivity index (χ0n) is 21.1. The highest BCUT2D eigenvalue weighted by molar-refractivity contribution is 5.89. The van der Waals surface area contributed by atoms with Crippen LogP contribution < -0.4 is 23.7 Å². The van der Waals surface area contributed by atoms with Crippen LogP contribution in [0.3, 0.4) is 0 Å². The highest BCUT2D eigenvalue weighted by Gasteiger charge is 2.47. The molecule has 2 N–H and O–H groups in total. The summed E-state index contributed by atoms with van der Waals surface area (Å²) < 4.78 is 34.0. The van der Waals surface area contributed by atoms with E-state index in [0.717, 1.165) is 0 Å². The molecule has 1 aliphatic heterocycles. The van der Waals surface area contributed by atoms with E-state index in [0.29, 0.717) is 45.9 Å². The van der Waals surface area contributed by atoms with Crippen LogP contribution >= 0.6 is 0 Å². The minimum absolute atomic E-state index is 0.0242. The van der Waals surface area contributed by atoms with Gasteiger partial charge in [0, 0.05) is 16.7 Å². The fourth-order valence-corrected chi connectivity index (χ4v) is 4.70. The van der Waals surface area contributed by atoms with Crippen molar-refractivity contribution in [3.05, 3.63) is 23.3 Å². The highest BCUT2D eigenvalue weighted by Crippen LogP contribution is 2.58. The lowest BCUT2D eigenvalue weighted by molar-refractivity contribution is -0.174. The third-order valence-electron chi connectivity index (χ3n) is 6.87. The summed E-state index contributed by atoms with van der Waals surface area (Å²) in [6.07, 6.45) is -0.756. The van der Waals surface area contributed by atoms with E-state index >= 15 is 0 Å². The van der Waals surface area contributed by atoms with Crippen LogP contribution in [0.15, 0.2) is 12.1 Å². The maximum atomic E-state index is 12.8. The number of esters is 1. The summed E-state index contributed by atoms with van der Waals surface area (Å²) in [7, 11) is 4.42. The highest BCUT2D eigenvalue weighted by atomic mass is 16.7. The Hall–Kier alpha value is -3.33. The van der Waals surface area contributed by atoms with Crippen molar-refractivity contribution in [2.75, 3.05) is 28.1 Å². The number of carbonyl (C=O) groups excluding carboxylic acids is 1. The predicted molar refractivity (Wildman–Crippen MR) is 126 cm³/mol. The van der Waals surface area contributed by atoms with Crippen LogP contribution in [0, 0.1) is 11.8 Å². The molecule has 3 atom stereocenters. The number of ether oxygens (including phenoxy) is 6. The molecule has 0 bridgehead atoms. The quantitative estimate of drug-likeness (QED) is 0.603. The second-order valence-electron chi connectivity index (χ2n) is 9.41. The standard InChI is InChI=1S/C26H32O9/c1-12(2)25(28)35-24-15-10-16(30-5)22(31-6)23(32-7)19(15)18-14(8-13(3)26(24,4)29)9-17-21(20(18)27)34-11-33-17/h9-10,12-13,24,27,29H,8,11H2,1-7H3/t13-,24-,26+/m0/s1. The molecule has 9 heteroatoms. The van der Waals surface area contributed by atoms with Crippen LogP contribution in [0.25, 0.3) is 11.1 Å². The number of hydrogen-bond acceptors (Lipinski definition) is 9. The molecule has 2 aromatic carbocycles. The fraction of sp³-hybridized carbons (Fsp3) is 0.500. The average molecular weight is 489 g/mol. The minimum Gasteiger partial charge on any atom is -0.504 e. The molecule has 0 saturated carbocycles. The molecule has 0 radical (unpaired) electrons. The molecule has 9 nitrogen and oxygen atoms in total. The van der Waals surface area contributed by atoms with Gasteiger partial charge in [-0.25, -0.2) is 0 Å². The van der Waals surface area contributed by atoms with Crippen molar-refractivity contribution in [2.24, 2.45) is 11.8 Å². The van der Waals surface area contributed by atoms with Crippen LogP contribution in [0.2, 0.25) is 0 Å². The van der Waals surface area contributed by atoms with E-state index in [1.807, 2.05) is 6.92 Å². The van der Waals surface area contributed by atoms with Gasteiger partial charge in [0.05, 0.1) is 27.2 Å². The van der Waals surface area contributed by atoms with Crippen molar-refractivity contribution in [2.45, 2.75) is 45.8 Å². The molecule has 0 saturated heterocycles. The first kappa shape index (κ1) is 24.8. The van der Waals surface area contributed by atoms with Crippen LogP contribution in [0.1, 0.15) is 44.9 Å². The Bertz CT molecular complexity index is 1150. The van der Waals surface area contributed by atoms with Gasteiger partial charge in [0.1, 0.15) is 5.60 Å². The SMILES string of the molecule is COc1cc2c(c(OC)c1OC)-c1c(cc3c(c1O)OCO3)C[C@H](C)[C@@](C)(O)[C@H]2OC(=O)C(C)C. The molecule has 1 heterocycles. The first-order valence-electron chi connectivity index (χ1n) is 11.5. The summed E-state index contributed by atoms with van der Waals surface area (Å²) in [6.45, 7) is 6.93. The number of carbonyl (C=O) groups is 1. The van der Waals surface area contributed by atoms with Gasteiger partial charge in [0.25, 0.3) is 0 Å². The average Bonchev–Trinajstić information content (AvgIpc) is 3.29. The molecule has 0 fully saturated rings. The lowest BCUT2D eigenvalue weighted by Crippen LogP contribution is -2.44. The van der Waals surface area contributed by atoms with E-state index in [4.69, 9.17) is 28.4 Å². The number of hydrogen-bond donors (Lipinski definition) is 2.